The van der Waals surface area contributed by atoms with Crippen LogP contribution in [0.4, 0.5) is 5.95 Å². The van der Waals surface area contributed by atoms with E-state index >= 15 is 0 Å². The molecule has 3 aromatic carbocycles. The summed E-state index contributed by atoms with van der Waals surface area (Å²) < 4.78 is 0. The van der Waals surface area contributed by atoms with Gasteiger partial charge < -0.3 is 15.3 Å². The number of rotatable bonds is 7. The molecule has 0 bridgehead atoms. The minimum absolute atomic E-state index is 0.0697. The Hall–Kier alpha value is -5.02. The largest absolute Gasteiger partial charge is 0.351 e. The smallest absolute Gasteiger partial charge is 0.251 e. The summed E-state index contributed by atoms with van der Waals surface area (Å²) in [7, 11) is 0. The van der Waals surface area contributed by atoms with Crippen LogP contribution in [0.1, 0.15) is 21.8 Å². The van der Waals surface area contributed by atoms with Crippen molar-refractivity contribution >= 4 is 51.2 Å². The second-order valence-corrected chi connectivity index (χ2v) is 9.41. The number of fused-ring (bicyclic) bond motifs is 2. The zero-order valence-corrected chi connectivity index (χ0v) is 21.2. The first-order valence-corrected chi connectivity index (χ1v) is 12.6. The van der Waals surface area contributed by atoms with Crippen molar-refractivity contribution < 1.29 is 9.59 Å². The van der Waals surface area contributed by atoms with Crippen molar-refractivity contribution in [3.63, 3.8) is 0 Å². The van der Waals surface area contributed by atoms with Gasteiger partial charge in [0.25, 0.3) is 5.91 Å². The zero-order valence-electron chi connectivity index (χ0n) is 20.5. The van der Waals surface area contributed by atoms with E-state index in [2.05, 4.69) is 35.6 Å². The first kappa shape index (κ1) is 24.3. The molecule has 10 heteroatoms. The number of H-pyrrole nitrogens is 2. The molecule has 39 heavy (non-hydrogen) atoms. The normalized spacial score (nSPS) is 11.9. The molecule has 6 aromatic rings. The lowest BCUT2D eigenvalue weighted by Crippen LogP contribution is -2.34. The van der Waals surface area contributed by atoms with Crippen LogP contribution in [0.2, 0.25) is 5.02 Å². The fraction of sp³-hybridized carbons (Fsp3) is 0.0690. The zero-order chi connectivity index (χ0) is 26.8. The van der Waals surface area contributed by atoms with Crippen molar-refractivity contribution in [3.8, 4) is 11.5 Å². The molecule has 192 valence electrons. The molecule has 0 aliphatic heterocycles. The van der Waals surface area contributed by atoms with E-state index in [0.29, 0.717) is 44.6 Å². The summed E-state index contributed by atoms with van der Waals surface area (Å²) in [6, 6.07) is 22.1. The van der Waals surface area contributed by atoms with Crippen LogP contribution in [0.5, 0.6) is 0 Å². The maximum Gasteiger partial charge on any atom is 0.251 e. The third-order valence-electron chi connectivity index (χ3n) is 6.41. The van der Waals surface area contributed by atoms with Crippen molar-refractivity contribution in [2.75, 3.05) is 11.9 Å². The monoisotopic (exact) mass is 535 g/mol. The number of halogens is 1. The second-order valence-electron chi connectivity index (χ2n) is 8.98. The third-order valence-corrected chi connectivity index (χ3v) is 6.67. The van der Waals surface area contributed by atoms with E-state index in [1.54, 1.807) is 54.9 Å². The number of hydrogen-bond acceptors (Lipinski definition) is 5. The lowest BCUT2D eigenvalue weighted by atomic mass is 9.98. The SMILES string of the molecule is O=C(NCC(C(=O)Nc1ncc[nH]1)c1ccc(Cl)cc1)c1ccc2nc(-c3cc4ccccc4cn3)[nH]c2c1. The molecule has 4 N–H and O–H groups in total. The Balaban J connectivity index is 1.21. The summed E-state index contributed by atoms with van der Waals surface area (Å²) in [6.07, 6.45) is 4.97. The van der Waals surface area contributed by atoms with Crippen LogP contribution in [0.15, 0.2) is 91.4 Å². The number of imidazole rings is 2. The van der Waals surface area contributed by atoms with Crippen LogP contribution in [-0.4, -0.2) is 43.3 Å². The first-order chi connectivity index (χ1) is 19.0. The molecule has 0 aliphatic carbocycles. The highest BCUT2D eigenvalue weighted by molar-refractivity contribution is 6.30. The number of nitrogens with one attached hydrogen (secondary N) is 4. The number of anilines is 1. The average molecular weight is 536 g/mol. The Bertz CT molecular complexity index is 1800. The number of hydrogen-bond donors (Lipinski definition) is 4. The number of pyridine rings is 1. The van der Waals surface area contributed by atoms with E-state index in [-0.39, 0.29) is 18.4 Å². The Morgan fingerprint density at radius 3 is 2.56 bits per heavy atom. The van der Waals surface area contributed by atoms with Gasteiger partial charge in [0.2, 0.25) is 11.9 Å². The van der Waals surface area contributed by atoms with E-state index in [9.17, 15) is 9.59 Å². The average Bonchev–Trinajstić information content (AvgIpc) is 3.63. The van der Waals surface area contributed by atoms with Gasteiger partial charge in [-0.1, -0.05) is 48.0 Å². The minimum Gasteiger partial charge on any atom is -0.351 e. The summed E-state index contributed by atoms with van der Waals surface area (Å²) in [4.78, 5) is 45.5. The Morgan fingerprint density at radius 1 is 0.949 bits per heavy atom. The van der Waals surface area contributed by atoms with Crippen LogP contribution < -0.4 is 10.6 Å². The fourth-order valence-electron chi connectivity index (χ4n) is 4.38. The molecule has 0 radical (unpaired) electrons. The third kappa shape index (κ3) is 5.21. The molecular formula is C29H22ClN7O2. The lowest BCUT2D eigenvalue weighted by molar-refractivity contribution is -0.117. The molecule has 0 fully saturated rings. The fourth-order valence-corrected chi connectivity index (χ4v) is 4.50. The molecule has 9 nitrogen and oxygen atoms in total. The summed E-state index contributed by atoms with van der Waals surface area (Å²) in [5, 5.41) is 8.30. The summed E-state index contributed by atoms with van der Waals surface area (Å²) >= 11 is 6.04. The predicted molar refractivity (Wildman–Crippen MR) is 151 cm³/mol. The van der Waals surface area contributed by atoms with Crippen molar-refractivity contribution in [2.24, 2.45) is 0 Å². The Morgan fingerprint density at radius 2 is 1.77 bits per heavy atom. The predicted octanol–water partition coefficient (Wildman–Crippen LogP) is 5.31. The van der Waals surface area contributed by atoms with Gasteiger partial charge in [0, 0.05) is 41.1 Å². The van der Waals surface area contributed by atoms with Gasteiger partial charge in [0.15, 0.2) is 5.82 Å². The van der Waals surface area contributed by atoms with Crippen LogP contribution in [0, 0.1) is 0 Å². The summed E-state index contributed by atoms with van der Waals surface area (Å²) in [6.45, 7) is 0.0697. The molecule has 0 saturated carbocycles. The molecular weight excluding hydrogens is 514 g/mol. The molecule has 6 rings (SSSR count). The van der Waals surface area contributed by atoms with E-state index < -0.39 is 5.92 Å². The number of carbonyl (C=O) groups excluding carboxylic acids is 2. The number of benzene rings is 3. The van der Waals surface area contributed by atoms with Crippen molar-refractivity contribution in [1.29, 1.82) is 0 Å². The second kappa shape index (κ2) is 10.4. The van der Waals surface area contributed by atoms with Gasteiger partial charge in [-0.15, -0.1) is 0 Å². The number of amides is 2. The molecule has 1 atom stereocenters. The summed E-state index contributed by atoms with van der Waals surface area (Å²) in [5.74, 6) is -0.360. The summed E-state index contributed by atoms with van der Waals surface area (Å²) in [5.41, 5.74) is 3.28. The Labute approximate surface area is 227 Å². The maximum absolute atomic E-state index is 13.1. The van der Waals surface area contributed by atoms with E-state index in [4.69, 9.17) is 11.6 Å². The number of nitrogens with zero attached hydrogens (tertiary/aromatic N) is 3. The minimum atomic E-state index is -0.669. The van der Waals surface area contributed by atoms with Gasteiger partial charge in [0.1, 0.15) is 5.69 Å². The molecule has 0 aliphatic rings. The van der Waals surface area contributed by atoms with Crippen LogP contribution in [0.25, 0.3) is 33.3 Å². The molecule has 1 unspecified atom stereocenters. The van der Waals surface area contributed by atoms with Crippen molar-refractivity contribution in [2.45, 2.75) is 5.92 Å². The highest BCUT2D eigenvalue weighted by Gasteiger charge is 2.23. The highest BCUT2D eigenvalue weighted by Crippen LogP contribution is 2.24. The molecule has 3 heterocycles. The standard InChI is InChI=1S/C29H22ClN7O2/c30-21-8-5-17(6-9-21)22(28(39)37-29-31-11-12-32-29)16-34-27(38)19-7-10-23-24(14-19)36-26(35-23)25-13-18-3-1-2-4-20(18)15-33-25/h1-15,22H,16H2,(H,34,38)(H,35,36)(H2,31,32,37,39). The number of carbonyl (C=O) groups is 2. The Kier molecular flexibility index (Phi) is 6.48. The molecule has 2 amide bonds. The van der Waals surface area contributed by atoms with E-state index in [1.165, 1.54) is 0 Å². The number of aromatic nitrogens is 5. The molecule has 3 aromatic heterocycles. The topological polar surface area (TPSA) is 128 Å². The molecule has 0 spiro atoms. The maximum atomic E-state index is 13.1. The van der Waals surface area contributed by atoms with Crippen LogP contribution >= 0.6 is 11.6 Å². The van der Waals surface area contributed by atoms with Gasteiger partial charge in [-0.3, -0.25) is 19.9 Å². The van der Waals surface area contributed by atoms with Crippen LogP contribution in [0.3, 0.4) is 0 Å². The highest BCUT2D eigenvalue weighted by atomic mass is 35.5. The number of aromatic amines is 2. The van der Waals surface area contributed by atoms with Gasteiger partial charge in [0.05, 0.1) is 17.0 Å². The van der Waals surface area contributed by atoms with Crippen molar-refractivity contribution in [1.82, 2.24) is 30.2 Å². The first-order valence-electron chi connectivity index (χ1n) is 12.2. The molecule has 0 saturated heterocycles. The van der Waals surface area contributed by atoms with Gasteiger partial charge >= 0.3 is 0 Å². The van der Waals surface area contributed by atoms with Crippen LogP contribution in [-0.2, 0) is 4.79 Å². The van der Waals surface area contributed by atoms with Gasteiger partial charge in [-0.05, 0) is 47.3 Å². The lowest BCUT2D eigenvalue weighted by Gasteiger charge is -2.17. The van der Waals surface area contributed by atoms with Gasteiger partial charge in [-0.25, -0.2) is 9.97 Å². The van der Waals surface area contributed by atoms with E-state index in [1.807, 2.05) is 36.5 Å². The van der Waals surface area contributed by atoms with Gasteiger partial charge in [-0.2, -0.15) is 0 Å². The quantitative estimate of drug-likeness (QED) is 0.220. The van der Waals surface area contributed by atoms with Crippen molar-refractivity contribution in [3.05, 3.63) is 108 Å². The van der Waals surface area contributed by atoms with E-state index in [0.717, 1.165) is 10.8 Å².